The van der Waals surface area contributed by atoms with Gasteiger partial charge in [0.2, 0.25) is 15.9 Å². The molecular weight excluding hydrogens is 352 g/mol. The Labute approximate surface area is 156 Å². The third-order valence-corrected chi connectivity index (χ3v) is 7.17. The van der Waals surface area contributed by atoms with E-state index in [4.69, 9.17) is 4.74 Å². The molecule has 1 unspecified atom stereocenters. The zero-order valence-electron chi connectivity index (χ0n) is 15.3. The van der Waals surface area contributed by atoms with Crippen LogP contribution in [0.3, 0.4) is 0 Å². The quantitative estimate of drug-likeness (QED) is 0.820. The number of ether oxygens (including phenoxy) is 1. The Balaban J connectivity index is 1.46. The molecule has 0 spiro atoms. The summed E-state index contributed by atoms with van der Waals surface area (Å²) in [7, 11) is -3.44. The maximum atomic E-state index is 12.7. The van der Waals surface area contributed by atoms with Gasteiger partial charge in [0, 0.05) is 32.7 Å². The van der Waals surface area contributed by atoms with E-state index in [0.29, 0.717) is 31.0 Å². The second-order valence-corrected chi connectivity index (χ2v) is 9.24. The molecule has 2 fully saturated rings. The molecule has 0 radical (unpaired) electrons. The first kappa shape index (κ1) is 19.3. The molecule has 2 aliphatic rings. The fourth-order valence-electron chi connectivity index (χ4n) is 3.58. The second-order valence-electron chi connectivity index (χ2n) is 7.30. The summed E-state index contributed by atoms with van der Waals surface area (Å²) in [6, 6.07) is 6.96. The van der Waals surface area contributed by atoms with Crippen molar-refractivity contribution in [3.8, 4) is 0 Å². The molecule has 1 aromatic rings. The van der Waals surface area contributed by atoms with Gasteiger partial charge in [0.25, 0.3) is 0 Å². The summed E-state index contributed by atoms with van der Waals surface area (Å²) in [5.74, 6) is 0.282. The number of hydrogen-bond acceptors (Lipinski definition) is 4. The Morgan fingerprint density at radius 2 is 1.88 bits per heavy atom. The summed E-state index contributed by atoms with van der Waals surface area (Å²) in [5.41, 5.74) is 1.04. The number of aryl methyl sites for hydroxylation is 1. The van der Waals surface area contributed by atoms with E-state index < -0.39 is 10.0 Å². The number of carbonyl (C=O) groups is 1. The molecule has 2 saturated heterocycles. The van der Waals surface area contributed by atoms with Crippen LogP contribution in [0.5, 0.6) is 0 Å². The number of benzene rings is 1. The van der Waals surface area contributed by atoms with E-state index >= 15 is 0 Å². The monoisotopic (exact) mass is 380 g/mol. The fraction of sp³-hybridized carbons (Fsp3) is 0.632. The lowest BCUT2D eigenvalue weighted by molar-refractivity contribution is -0.122. The smallest absolute Gasteiger partial charge is 0.243 e. The lowest BCUT2D eigenvalue weighted by Gasteiger charge is -2.31. The van der Waals surface area contributed by atoms with Crippen LogP contribution in [0, 0.1) is 12.8 Å². The first-order chi connectivity index (χ1) is 12.4. The van der Waals surface area contributed by atoms with E-state index in [2.05, 4.69) is 5.32 Å². The van der Waals surface area contributed by atoms with Crippen LogP contribution < -0.4 is 5.32 Å². The predicted molar refractivity (Wildman–Crippen MR) is 99.3 cm³/mol. The van der Waals surface area contributed by atoms with E-state index in [1.165, 1.54) is 0 Å². The van der Waals surface area contributed by atoms with Crippen LogP contribution in [0.15, 0.2) is 29.2 Å². The molecule has 7 heteroatoms. The van der Waals surface area contributed by atoms with Crippen LogP contribution in [-0.4, -0.2) is 51.0 Å². The molecule has 0 saturated carbocycles. The summed E-state index contributed by atoms with van der Waals surface area (Å²) in [4.78, 5) is 12.4. The van der Waals surface area contributed by atoms with Crippen molar-refractivity contribution in [2.75, 3.05) is 26.2 Å². The van der Waals surface area contributed by atoms with Gasteiger partial charge in [-0.05, 0) is 50.7 Å². The predicted octanol–water partition coefficient (Wildman–Crippen LogP) is 2.08. The molecule has 0 aromatic heterocycles. The Bertz CT molecular complexity index is 704. The van der Waals surface area contributed by atoms with Crippen molar-refractivity contribution in [3.05, 3.63) is 29.8 Å². The number of carbonyl (C=O) groups excluding carboxylic acids is 1. The maximum Gasteiger partial charge on any atom is 0.243 e. The van der Waals surface area contributed by atoms with Crippen molar-refractivity contribution in [2.24, 2.45) is 5.92 Å². The topological polar surface area (TPSA) is 75.7 Å². The molecule has 1 aromatic carbocycles. The molecule has 1 amide bonds. The van der Waals surface area contributed by atoms with Crippen LogP contribution in [0.25, 0.3) is 0 Å². The Hall–Kier alpha value is -1.44. The number of amides is 1. The SMILES string of the molecule is Cc1ccc(S(=O)(=O)N2CCC(CC(=O)NCC3CCCO3)CC2)cc1. The Morgan fingerprint density at radius 3 is 2.50 bits per heavy atom. The first-order valence-corrected chi connectivity index (χ1v) is 10.8. The Morgan fingerprint density at radius 1 is 1.19 bits per heavy atom. The minimum atomic E-state index is -3.44. The van der Waals surface area contributed by atoms with E-state index in [9.17, 15) is 13.2 Å². The summed E-state index contributed by atoms with van der Waals surface area (Å²) >= 11 is 0. The highest BCUT2D eigenvalue weighted by molar-refractivity contribution is 7.89. The molecule has 0 aliphatic carbocycles. The van der Waals surface area contributed by atoms with E-state index in [1.807, 2.05) is 19.1 Å². The number of hydrogen-bond donors (Lipinski definition) is 1. The highest BCUT2D eigenvalue weighted by Gasteiger charge is 2.30. The second kappa shape index (κ2) is 8.50. The molecular formula is C19H28N2O4S. The lowest BCUT2D eigenvalue weighted by Crippen LogP contribution is -2.40. The molecule has 2 aliphatic heterocycles. The van der Waals surface area contributed by atoms with Gasteiger partial charge in [-0.15, -0.1) is 0 Å². The summed E-state index contributed by atoms with van der Waals surface area (Å²) < 4.78 is 32.5. The van der Waals surface area contributed by atoms with E-state index in [1.54, 1.807) is 16.4 Å². The Kier molecular flexibility index (Phi) is 6.32. The van der Waals surface area contributed by atoms with Crippen LogP contribution in [-0.2, 0) is 19.6 Å². The molecule has 3 rings (SSSR count). The van der Waals surface area contributed by atoms with Crippen molar-refractivity contribution in [2.45, 2.75) is 50.0 Å². The standard InChI is InChI=1S/C19H28N2O4S/c1-15-4-6-18(7-5-15)26(23,24)21-10-8-16(9-11-21)13-19(22)20-14-17-3-2-12-25-17/h4-7,16-17H,2-3,8-14H2,1H3,(H,20,22). The summed E-state index contributed by atoms with van der Waals surface area (Å²) in [5, 5.41) is 2.95. The number of sulfonamides is 1. The van der Waals surface area contributed by atoms with Gasteiger partial charge in [-0.3, -0.25) is 4.79 Å². The molecule has 1 N–H and O–H groups in total. The van der Waals surface area contributed by atoms with Crippen molar-refractivity contribution < 1.29 is 17.9 Å². The fourth-order valence-corrected chi connectivity index (χ4v) is 5.05. The van der Waals surface area contributed by atoms with Gasteiger partial charge >= 0.3 is 0 Å². The maximum absolute atomic E-state index is 12.7. The first-order valence-electron chi connectivity index (χ1n) is 9.40. The van der Waals surface area contributed by atoms with Crippen molar-refractivity contribution in [1.82, 2.24) is 9.62 Å². The average molecular weight is 381 g/mol. The molecule has 26 heavy (non-hydrogen) atoms. The average Bonchev–Trinajstić information content (AvgIpc) is 3.14. The van der Waals surface area contributed by atoms with Crippen molar-refractivity contribution in [3.63, 3.8) is 0 Å². The lowest BCUT2D eigenvalue weighted by atomic mass is 9.94. The van der Waals surface area contributed by atoms with Crippen LogP contribution in [0.4, 0.5) is 0 Å². The van der Waals surface area contributed by atoms with Gasteiger partial charge in [-0.2, -0.15) is 4.31 Å². The van der Waals surface area contributed by atoms with E-state index in [0.717, 1.165) is 37.9 Å². The molecule has 1 atom stereocenters. The third-order valence-electron chi connectivity index (χ3n) is 5.26. The van der Waals surface area contributed by atoms with Gasteiger partial charge in [0.05, 0.1) is 11.0 Å². The van der Waals surface area contributed by atoms with Gasteiger partial charge in [-0.25, -0.2) is 8.42 Å². The highest BCUT2D eigenvalue weighted by atomic mass is 32.2. The zero-order chi connectivity index (χ0) is 18.6. The minimum absolute atomic E-state index is 0.0420. The minimum Gasteiger partial charge on any atom is -0.376 e. The van der Waals surface area contributed by atoms with Crippen molar-refractivity contribution in [1.29, 1.82) is 0 Å². The molecule has 6 nitrogen and oxygen atoms in total. The van der Waals surface area contributed by atoms with Gasteiger partial charge < -0.3 is 10.1 Å². The number of rotatable bonds is 6. The summed E-state index contributed by atoms with van der Waals surface area (Å²) in [6.45, 7) is 4.25. The van der Waals surface area contributed by atoms with Gasteiger partial charge in [-0.1, -0.05) is 17.7 Å². The van der Waals surface area contributed by atoms with Crippen LogP contribution in [0.2, 0.25) is 0 Å². The normalized spacial score (nSPS) is 22.4. The van der Waals surface area contributed by atoms with Gasteiger partial charge in [0.1, 0.15) is 0 Å². The number of piperidine rings is 1. The molecule has 144 valence electrons. The van der Waals surface area contributed by atoms with Crippen molar-refractivity contribution >= 4 is 15.9 Å². The summed E-state index contributed by atoms with van der Waals surface area (Å²) in [6.07, 6.45) is 4.13. The van der Waals surface area contributed by atoms with Crippen LogP contribution in [0.1, 0.15) is 37.7 Å². The molecule has 0 bridgehead atoms. The zero-order valence-corrected chi connectivity index (χ0v) is 16.1. The molecule has 2 heterocycles. The number of nitrogens with zero attached hydrogens (tertiary/aromatic N) is 1. The third kappa shape index (κ3) is 4.84. The van der Waals surface area contributed by atoms with Crippen LogP contribution >= 0.6 is 0 Å². The highest BCUT2D eigenvalue weighted by Crippen LogP contribution is 2.25. The largest absolute Gasteiger partial charge is 0.376 e. The van der Waals surface area contributed by atoms with Gasteiger partial charge in [0.15, 0.2) is 0 Å². The number of nitrogens with one attached hydrogen (secondary N) is 1. The van der Waals surface area contributed by atoms with E-state index in [-0.39, 0.29) is 17.9 Å².